The van der Waals surface area contributed by atoms with Crippen LogP contribution in [0.5, 0.6) is 0 Å². The molecule has 0 bridgehead atoms. The molecule has 2 heterocycles. The topological polar surface area (TPSA) is 109 Å². The molecule has 0 radical (unpaired) electrons. The third-order valence-corrected chi connectivity index (χ3v) is 3.84. The molecule has 2 rings (SSSR count). The smallest absolute Gasteiger partial charge is 0.653 e. The van der Waals surface area contributed by atoms with Crippen LogP contribution in [-0.4, -0.2) is 71.0 Å². The molecule has 4 atom stereocenters. The second-order valence-electron chi connectivity index (χ2n) is 5.51. The summed E-state index contributed by atoms with van der Waals surface area (Å²) < 4.78 is 0. The van der Waals surface area contributed by atoms with Crippen molar-refractivity contribution in [3.05, 3.63) is 10.6 Å². The van der Waals surface area contributed by atoms with Gasteiger partial charge in [-0.2, -0.15) is 0 Å². The molecule has 0 aromatic heterocycles. The van der Waals surface area contributed by atoms with Crippen molar-refractivity contribution >= 4 is 0 Å². The summed E-state index contributed by atoms with van der Waals surface area (Å²) in [5, 5.41) is 43.4. The van der Waals surface area contributed by atoms with Crippen molar-refractivity contribution in [3.8, 4) is 0 Å². The minimum absolute atomic E-state index is 0. The Balaban J connectivity index is 0.000000364. The van der Waals surface area contributed by atoms with Crippen LogP contribution >= 0.6 is 0 Å². The van der Waals surface area contributed by atoms with Gasteiger partial charge in [0.05, 0.1) is 0 Å². The monoisotopic (exact) mass is 351 g/mol. The van der Waals surface area contributed by atoms with Gasteiger partial charge in [-0.15, -0.1) is 24.2 Å². The number of aliphatic hydroxyl groups is 4. The molecule has 0 aromatic carbocycles. The van der Waals surface area contributed by atoms with Crippen LogP contribution in [0.25, 0.3) is 10.6 Å². The van der Waals surface area contributed by atoms with Gasteiger partial charge in [0.1, 0.15) is 0 Å². The maximum atomic E-state index is 8.73. The molecule has 0 aromatic rings. The summed E-state index contributed by atoms with van der Waals surface area (Å²) in [5.74, 6) is 0. The van der Waals surface area contributed by atoms with Gasteiger partial charge in [0, 0.05) is 26.4 Å². The van der Waals surface area contributed by atoms with Gasteiger partial charge in [0.2, 0.25) is 0 Å². The predicted octanol–water partition coefficient (Wildman–Crippen LogP) is 0.529. The Bertz CT molecular complexity index is 205. The van der Waals surface area contributed by atoms with Gasteiger partial charge < -0.3 is 31.1 Å². The Hall–Kier alpha value is 0.279. The molecule has 2 aliphatic heterocycles. The molecular formula is C14H28CuN2O4-. The van der Waals surface area contributed by atoms with Crippen molar-refractivity contribution in [2.45, 2.75) is 62.7 Å². The summed E-state index contributed by atoms with van der Waals surface area (Å²) in [6.45, 7) is 0.542. The maximum absolute atomic E-state index is 8.73. The van der Waals surface area contributed by atoms with Gasteiger partial charge in [-0.05, 0) is 0 Å². The van der Waals surface area contributed by atoms with E-state index in [2.05, 4.69) is 10.6 Å². The number of nitrogens with zero attached hydrogens (tertiary/aromatic N) is 2. The minimum atomic E-state index is 0. The molecule has 2 fully saturated rings. The number of rotatable bonds is 4. The van der Waals surface area contributed by atoms with E-state index in [4.69, 9.17) is 20.4 Å². The third-order valence-electron chi connectivity index (χ3n) is 3.84. The molecule has 4 N–H and O–H groups in total. The van der Waals surface area contributed by atoms with Crippen molar-refractivity contribution in [2.75, 3.05) is 26.4 Å². The average Bonchev–Trinajstić information content (AvgIpc) is 2.55. The molecule has 2 aliphatic rings. The average molecular weight is 352 g/mol. The van der Waals surface area contributed by atoms with E-state index in [1.54, 1.807) is 0 Å². The summed E-state index contributed by atoms with van der Waals surface area (Å²) in [5.41, 5.74) is 0. The SMILES string of the molecule is OCC1CCCC(CO)[N-]1.OCC1CCCC(CO)[N-]1.[Cu+]. The van der Waals surface area contributed by atoms with Gasteiger partial charge in [-0.3, -0.25) is 0 Å². The van der Waals surface area contributed by atoms with Crippen molar-refractivity contribution < 1.29 is 37.5 Å². The molecule has 7 heteroatoms. The fourth-order valence-corrected chi connectivity index (χ4v) is 2.63. The summed E-state index contributed by atoms with van der Waals surface area (Å²) in [4.78, 5) is 0. The zero-order chi connectivity index (χ0) is 14.8. The molecule has 0 aliphatic carbocycles. The van der Waals surface area contributed by atoms with Crippen molar-refractivity contribution in [2.24, 2.45) is 0 Å². The molecule has 0 amide bonds. The van der Waals surface area contributed by atoms with E-state index >= 15 is 0 Å². The van der Waals surface area contributed by atoms with E-state index in [1.807, 2.05) is 0 Å². The first-order chi connectivity index (χ1) is 9.73. The van der Waals surface area contributed by atoms with Gasteiger partial charge in [-0.25, -0.2) is 0 Å². The molecular weight excluding hydrogens is 324 g/mol. The van der Waals surface area contributed by atoms with Gasteiger partial charge in [0.15, 0.2) is 0 Å². The zero-order valence-electron chi connectivity index (χ0n) is 12.4. The summed E-state index contributed by atoms with van der Waals surface area (Å²) >= 11 is 0. The number of hydrogen-bond donors (Lipinski definition) is 4. The maximum Gasteiger partial charge on any atom is 1.00 e. The van der Waals surface area contributed by atoms with Crippen LogP contribution in [0.2, 0.25) is 0 Å². The first kappa shape index (κ1) is 21.3. The normalized spacial score (nSPS) is 32.6. The van der Waals surface area contributed by atoms with Crippen LogP contribution in [0.15, 0.2) is 0 Å². The molecule has 21 heavy (non-hydrogen) atoms. The van der Waals surface area contributed by atoms with Crippen LogP contribution in [0, 0.1) is 0 Å². The summed E-state index contributed by atoms with van der Waals surface area (Å²) in [6, 6.07) is 0.355. The third kappa shape index (κ3) is 8.47. The Kier molecular flexibility index (Phi) is 13.0. The first-order valence-electron chi connectivity index (χ1n) is 7.56. The van der Waals surface area contributed by atoms with Gasteiger partial charge >= 0.3 is 17.1 Å². The fraction of sp³-hybridized carbons (Fsp3) is 1.00. The number of piperidine rings is 2. The zero-order valence-corrected chi connectivity index (χ0v) is 13.3. The Morgan fingerprint density at radius 1 is 0.571 bits per heavy atom. The molecule has 130 valence electrons. The van der Waals surface area contributed by atoms with Crippen molar-refractivity contribution in [3.63, 3.8) is 0 Å². The first-order valence-corrected chi connectivity index (χ1v) is 7.56. The second-order valence-corrected chi connectivity index (χ2v) is 5.51. The van der Waals surface area contributed by atoms with Crippen LogP contribution in [0.3, 0.4) is 0 Å². The largest absolute Gasteiger partial charge is 1.00 e. The summed E-state index contributed by atoms with van der Waals surface area (Å²) in [6.07, 6.45) is 6.08. The van der Waals surface area contributed by atoms with Crippen molar-refractivity contribution in [1.29, 1.82) is 0 Å². The van der Waals surface area contributed by atoms with E-state index in [0.717, 1.165) is 38.5 Å². The van der Waals surface area contributed by atoms with E-state index in [9.17, 15) is 0 Å². The van der Waals surface area contributed by atoms with Gasteiger partial charge in [0.25, 0.3) is 0 Å². The number of hydrogen-bond acceptors (Lipinski definition) is 4. The molecule has 4 unspecified atom stereocenters. The fourth-order valence-electron chi connectivity index (χ4n) is 2.63. The number of aliphatic hydroxyl groups excluding tert-OH is 4. The van der Waals surface area contributed by atoms with Crippen LogP contribution in [0.1, 0.15) is 38.5 Å². The predicted molar refractivity (Wildman–Crippen MR) is 77.9 cm³/mol. The Morgan fingerprint density at radius 2 is 0.810 bits per heavy atom. The standard InChI is InChI=1S/2C7H14NO2.Cu/c2*9-4-6-2-1-3-7(5-10)8-6;/h2*6-7,9-10H,1-5H2;/q2*-1;+1. The van der Waals surface area contributed by atoms with Crippen LogP contribution < -0.4 is 0 Å². The van der Waals surface area contributed by atoms with E-state index in [1.165, 1.54) is 0 Å². The molecule has 0 spiro atoms. The van der Waals surface area contributed by atoms with Crippen LogP contribution in [0.4, 0.5) is 0 Å². The molecule has 6 nitrogen and oxygen atoms in total. The summed E-state index contributed by atoms with van der Waals surface area (Å²) in [7, 11) is 0. The van der Waals surface area contributed by atoms with Crippen LogP contribution in [-0.2, 0) is 17.1 Å². The Morgan fingerprint density at radius 3 is 1.00 bits per heavy atom. The minimum Gasteiger partial charge on any atom is -0.653 e. The van der Waals surface area contributed by atoms with E-state index in [0.29, 0.717) is 0 Å². The van der Waals surface area contributed by atoms with E-state index in [-0.39, 0.29) is 67.7 Å². The van der Waals surface area contributed by atoms with E-state index < -0.39 is 0 Å². The quantitative estimate of drug-likeness (QED) is 0.554. The Labute approximate surface area is 137 Å². The molecule has 0 saturated carbocycles. The van der Waals surface area contributed by atoms with Crippen molar-refractivity contribution in [1.82, 2.24) is 0 Å². The van der Waals surface area contributed by atoms with Gasteiger partial charge in [-0.1, -0.05) is 38.5 Å². The second kappa shape index (κ2) is 12.8. The molecule has 2 saturated heterocycles.